The van der Waals surface area contributed by atoms with Gasteiger partial charge < -0.3 is 11.5 Å². The van der Waals surface area contributed by atoms with Gasteiger partial charge >= 0.3 is 0 Å². The quantitative estimate of drug-likeness (QED) is 0.658. The van der Waals surface area contributed by atoms with Gasteiger partial charge in [-0.25, -0.2) is 0 Å². The monoisotopic (exact) mass is 322 g/mol. The average molecular weight is 324 g/mol. The molecular formula is C12H10Cl4N2. The number of nitrogen functional groups attached to an aromatic ring is 2. The molecule has 0 bridgehead atoms. The molecule has 4 N–H and O–H groups in total. The largest absolute Gasteiger partial charge is 0.398 e. The first-order valence-corrected chi connectivity index (χ1v) is 6.32. The summed E-state index contributed by atoms with van der Waals surface area (Å²) in [7, 11) is 0. The van der Waals surface area contributed by atoms with Crippen LogP contribution in [0.5, 0.6) is 0 Å². The van der Waals surface area contributed by atoms with Crippen molar-refractivity contribution >= 4 is 57.8 Å². The molecule has 2 nitrogen and oxygen atoms in total. The molecule has 0 aliphatic heterocycles. The molecule has 0 radical (unpaired) electrons. The highest BCUT2D eigenvalue weighted by atomic mass is 35.5. The number of hydrogen-bond donors (Lipinski definition) is 2. The van der Waals surface area contributed by atoms with Crippen molar-refractivity contribution in [1.29, 1.82) is 0 Å². The molecule has 0 spiro atoms. The van der Waals surface area contributed by atoms with Crippen LogP contribution < -0.4 is 11.5 Å². The second kappa shape index (κ2) is 6.95. The van der Waals surface area contributed by atoms with Gasteiger partial charge in [0.25, 0.3) is 0 Å². The molecule has 0 saturated carbocycles. The van der Waals surface area contributed by atoms with Crippen LogP contribution in [0, 0.1) is 0 Å². The third kappa shape index (κ3) is 4.83. The van der Waals surface area contributed by atoms with Crippen molar-refractivity contribution in [1.82, 2.24) is 0 Å². The second-order valence-electron chi connectivity index (χ2n) is 3.33. The Morgan fingerprint density at radius 2 is 1.17 bits per heavy atom. The van der Waals surface area contributed by atoms with Gasteiger partial charge in [0.15, 0.2) is 0 Å². The maximum atomic E-state index is 5.60. The van der Waals surface area contributed by atoms with E-state index in [9.17, 15) is 0 Å². The number of benzene rings is 2. The highest BCUT2D eigenvalue weighted by Gasteiger charge is 1.94. The molecule has 0 unspecified atom stereocenters. The lowest BCUT2D eigenvalue weighted by Gasteiger charge is -1.95. The summed E-state index contributed by atoms with van der Waals surface area (Å²) < 4.78 is 0. The van der Waals surface area contributed by atoms with E-state index in [0.29, 0.717) is 31.5 Å². The van der Waals surface area contributed by atoms with Crippen LogP contribution in [0.3, 0.4) is 0 Å². The van der Waals surface area contributed by atoms with Crippen LogP contribution in [-0.4, -0.2) is 0 Å². The Labute approximate surface area is 125 Å². The number of rotatable bonds is 0. The van der Waals surface area contributed by atoms with Crippen LogP contribution in [0.2, 0.25) is 20.1 Å². The van der Waals surface area contributed by atoms with Gasteiger partial charge in [-0.2, -0.15) is 0 Å². The van der Waals surface area contributed by atoms with Crippen molar-refractivity contribution in [3.05, 3.63) is 56.5 Å². The van der Waals surface area contributed by atoms with Crippen molar-refractivity contribution in [2.24, 2.45) is 0 Å². The zero-order chi connectivity index (χ0) is 13.7. The lowest BCUT2D eigenvalue weighted by molar-refractivity contribution is 1.68. The minimum Gasteiger partial charge on any atom is -0.398 e. The summed E-state index contributed by atoms with van der Waals surface area (Å²) in [6.07, 6.45) is 0. The van der Waals surface area contributed by atoms with Crippen LogP contribution in [0.15, 0.2) is 36.4 Å². The third-order valence-corrected chi connectivity index (χ3v) is 3.06. The number of hydrogen-bond acceptors (Lipinski definition) is 2. The van der Waals surface area contributed by atoms with E-state index >= 15 is 0 Å². The van der Waals surface area contributed by atoms with E-state index in [1.165, 1.54) is 0 Å². The highest BCUT2D eigenvalue weighted by Crippen LogP contribution is 2.22. The molecule has 18 heavy (non-hydrogen) atoms. The minimum absolute atomic E-state index is 0.502. The van der Waals surface area contributed by atoms with Crippen LogP contribution in [0.1, 0.15) is 0 Å². The summed E-state index contributed by atoms with van der Waals surface area (Å²) >= 11 is 22.4. The lowest BCUT2D eigenvalue weighted by Crippen LogP contribution is -1.83. The molecule has 6 heteroatoms. The molecule has 2 aromatic rings. The Kier molecular flexibility index (Phi) is 5.89. The van der Waals surface area contributed by atoms with E-state index in [-0.39, 0.29) is 0 Å². The second-order valence-corrected chi connectivity index (χ2v) is 5.02. The Hall–Kier alpha value is -0.800. The summed E-state index contributed by atoms with van der Waals surface area (Å²) in [5.41, 5.74) is 11.9. The van der Waals surface area contributed by atoms with E-state index in [4.69, 9.17) is 57.9 Å². The summed E-state index contributed by atoms with van der Waals surface area (Å²) in [6, 6.07) is 9.95. The maximum Gasteiger partial charge on any atom is 0.0650 e. The molecule has 0 atom stereocenters. The van der Waals surface area contributed by atoms with Crippen molar-refractivity contribution < 1.29 is 0 Å². The van der Waals surface area contributed by atoms with Crippen molar-refractivity contribution in [2.75, 3.05) is 11.5 Å². The van der Waals surface area contributed by atoms with Gasteiger partial charge in [-0.15, -0.1) is 0 Å². The number of anilines is 2. The summed E-state index contributed by atoms with van der Waals surface area (Å²) in [5.74, 6) is 0. The Balaban J connectivity index is 0.000000180. The Bertz CT molecular complexity index is 494. The van der Waals surface area contributed by atoms with E-state index in [1.54, 1.807) is 36.4 Å². The smallest absolute Gasteiger partial charge is 0.0650 e. The van der Waals surface area contributed by atoms with E-state index in [2.05, 4.69) is 0 Å². The Morgan fingerprint density at radius 3 is 1.61 bits per heavy atom. The van der Waals surface area contributed by atoms with E-state index < -0.39 is 0 Å². The minimum atomic E-state index is 0.502. The average Bonchev–Trinajstić information content (AvgIpc) is 2.30. The fourth-order valence-electron chi connectivity index (χ4n) is 1.02. The summed E-state index contributed by atoms with van der Waals surface area (Å²) in [5, 5.41) is 2.26. The molecule has 0 aromatic heterocycles. The van der Waals surface area contributed by atoms with E-state index in [1.807, 2.05) is 0 Å². The van der Waals surface area contributed by atoms with Crippen molar-refractivity contribution in [3.63, 3.8) is 0 Å². The van der Waals surface area contributed by atoms with E-state index in [0.717, 1.165) is 0 Å². The van der Waals surface area contributed by atoms with Gasteiger partial charge in [0.1, 0.15) is 0 Å². The molecule has 2 aromatic carbocycles. The molecule has 0 heterocycles. The van der Waals surface area contributed by atoms with Gasteiger partial charge in [0, 0.05) is 10.0 Å². The van der Waals surface area contributed by atoms with Gasteiger partial charge in [-0.05, 0) is 36.4 Å². The SMILES string of the molecule is Nc1cc(Cl)ccc1Cl.Nc1ccc(Cl)cc1Cl. The predicted octanol–water partition coefficient (Wildman–Crippen LogP) is 5.15. The summed E-state index contributed by atoms with van der Waals surface area (Å²) in [4.78, 5) is 0. The van der Waals surface area contributed by atoms with Crippen LogP contribution >= 0.6 is 46.4 Å². The molecule has 0 saturated heterocycles. The highest BCUT2D eigenvalue weighted by molar-refractivity contribution is 6.36. The van der Waals surface area contributed by atoms with Gasteiger partial charge in [0.2, 0.25) is 0 Å². The molecular weight excluding hydrogens is 314 g/mol. The predicted molar refractivity (Wildman–Crippen MR) is 81.7 cm³/mol. The van der Waals surface area contributed by atoms with Gasteiger partial charge in [-0.1, -0.05) is 46.4 Å². The molecule has 0 aliphatic carbocycles. The number of nitrogens with two attached hydrogens (primary N) is 2. The fourth-order valence-corrected chi connectivity index (χ4v) is 1.72. The zero-order valence-corrected chi connectivity index (χ0v) is 12.2. The first-order valence-electron chi connectivity index (χ1n) is 4.81. The molecule has 2 rings (SSSR count). The van der Waals surface area contributed by atoms with Gasteiger partial charge in [0.05, 0.1) is 21.4 Å². The standard InChI is InChI=1S/2C6H5Cl2N/c7-4-1-2-6(9)5(8)3-4;7-4-1-2-5(8)6(9)3-4/h2*1-3H,9H2. The van der Waals surface area contributed by atoms with Crippen LogP contribution in [-0.2, 0) is 0 Å². The first-order chi connectivity index (χ1) is 8.40. The third-order valence-electron chi connectivity index (χ3n) is 1.92. The number of halogens is 4. The van der Waals surface area contributed by atoms with Crippen LogP contribution in [0.25, 0.3) is 0 Å². The zero-order valence-electron chi connectivity index (χ0n) is 9.13. The lowest BCUT2D eigenvalue weighted by atomic mass is 10.3. The molecule has 96 valence electrons. The topological polar surface area (TPSA) is 52.0 Å². The van der Waals surface area contributed by atoms with Crippen LogP contribution in [0.4, 0.5) is 11.4 Å². The van der Waals surface area contributed by atoms with Crippen molar-refractivity contribution in [2.45, 2.75) is 0 Å². The normalized spacial score (nSPS) is 9.56. The molecule has 0 amide bonds. The van der Waals surface area contributed by atoms with Crippen molar-refractivity contribution in [3.8, 4) is 0 Å². The molecule has 0 fully saturated rings. The first kappa shape index (κ1) is 15.3. The fraction of sp³-hybridized carbons (Fsp3) is 0. The summed E-state index contributed by atoms with van der Waals surface area (Å²) in [6.45, 7) is 0. The maximum absolute atomic E-state index is 5.60. The van der Waals surface area contributed by atoms with Gasteiger partial charge in [-0.3, -0.25) is 0 Å². The molecule has 0 aliphatic rings. The Morgan fingerprint density at radius 1 is 0.611 bits per heavy atom.